The normalized spacial score (nSPS) is 22.9. The molecule has 1 aromatic rings. The molecule has 0 spiro atoms. The van der Waals surface area contributed by atoms with Gasteiger partial charge in [0.1, 0.15) is 0 Å². The van der Waals surface area contributed by atoms with E-state index >= 15 is 0 Å². The molecule has 82 valence electrons. The minimum Gasteiger partial charge on any atom is -0.307 e. The Balaban J connectivity index is 1.94. The van der Waals surface area contributed by atoms with Gasteiger partial charge in [0, 0.05) is 23.3 Å². The maximum atomic E-state index is 4.06. The average Bonchev–Trinajstić information content (AvgIpc) is 2.66. The van der Waals surface area contributed by atoms with Gasteiger partial charge in [-0.05, 0) is 33.1 Å². The van der Waals surface area contributed by atoms with Crippen LogP contribution in [0.25, 0.3) is 0 Å². The molecule has 3 nitrogen and oxygen atoms in total. The van der Waals surface area contributed by atoms with Crippen LogP contribution in [0, 0.1) is 6.92 Å². The van der Waals surface area contributed by atoms with Crippen LogP contribution in [-0.4, -0.2) is 16.2 Å². The summed E-state index contributed by atoms with van der Waals surface area (Å²) in [7, 11) is 0. The van der Waals surface area contributed by atoms with Crippen molar-refractivity contribution in [2.24, 2.45) is 0 Å². The Morgan fingerprint density at radius 2 is 2.40 bits per heavy atom. The molecule has 15 heavy (non-hydrogen) atoms. The highest BCUT2D eigenvalue weighted by atomic mass is 15.1. The van der Waals surface area contributed by atoms with Crippen LogP contribution in [0.1, 0.15) is 43.5 Å². The number of hydrogen-bond acceptors (Lipinski definition) is 2. The summed E-state index contributed by atoms with van der Waals surface area (Å²) in [5, 5.41) is 10.7. The number of nitrogens with zero attached hydrogens (tertiary/aromatic N) is 1. The molecule has 3 heteroatoms. The fourth-order valence-corrected chi connectivity index (χ4v) is 2.18. The second-order valence-electron chi connectivity index (χ2n) is 4.32. The molecule has 0 aliphatic heterocycles. The van der Waals surface area contributed by atoms with E-state index in [2.05, 4.69) is 41.5 Å². The molecule has 0 radical (unpaired) electrons. The fraction of sp³-hybridized carbons (Fsp3) is 0.583. The largest absolute Gasteiger partial charge is 0.307 e. The van der Waals surface area contributed by atoms with Crippen molar-refractivity contribution in [2.45, 2.75) is 45.2 Å². The van der Waals surface area contributed by atoms with E-state index in [1.807, 2.05) is 6.20 Å². The number of allylic oxidation sites excluding steroid dienone is 1. The molecule has 0 saturated carbocycles. The summed E-state index contributed by atoms with van der Waals surface area (Å²) in [6.45, 7) is 4.28. The van der Waals surface area contributed by atoms with Gasteiger partial charge in [-0.1, -0.05) is 12.2 Å². The second kappa shape index (κ2) is 4.62. The van der Waals surface area contributed by atoms with E-state index in [0.29, 0.717) is 12.1 Å². The van der Waals surface area contributed by atoms with Gasteiger partial charge in [0.25, 0.3) is 0 Å². The molecule has 1 heterocycles. The van der Waals surface area contributed by atoms with E-state index in [1.54, 1.807) is 0 Å². The van der Waals surface area contributed by atoms with Crippen molar-refractivity contribution in [2.75, 3.05) is 0 Å². The number of nitrogens with one attached hydrogen (secondary N) is 2. The topological polar surface area (TPSA) is 40.7 Å². The van der Waals surface area contributed by atoms with Crippen LogP contribution in [0.4, 0.5) is 0 Å². The monoisotopic (exact) mass is 205 g/mol. The Kier molecular flexibility index (Phi) is 3.21. The molecule has 0 amide bonds. The maximum absolute atomic E-state index is 4.06. The molecular formula is C12H19N3. The number of aryl methyl sites for hydroxylation is 1. The lowest BCUT2D eigenvalue weighted by molar-refractivity contribution is 0.425. The van der Waals surface area contributed by atoms with Crippen molar-refractivity contribution in [3.63, 3.8) is 0 Å². The molecule has 1 aliphatic rings. The molecule has 0 bridgehead atoms. The van der Waals surface area contributed by atoms with Gasteiger partial charge >= 0.3 is 0 Å². The summed E-state index contributed by atoms with van der Waals surface area (Å²) < 4.78 is 0. The van der Waals surface area contributed by atoms with Crippen LogP contribution in [-0.2, 0) is 0 Å². The summed E-state index contributed by atoms with van der Waals surface area (Å²) in [6, 6.07) is 1.01. The van der Waals surface area contributed by atoms with E-state index < -0.39 is 0 Å². The molecule has 1 aliphatic carbocycles. The first-order chi connectivity index (χ1) is 7.27. The Morgan fingerprint density at radius 3 is 3.00 bits per heavy atom. The van der Waals surface area contributed by atoms with Gasteiger partial charge in [0.05, 0.1) is 6.20 Å². The predicted molar refractivity (Wildman–Crippen MR) is 61.7 cm³/mol. The third kappa shape index (κ3) is 2.48. The summed E-state index contributed by atoms with van der Waals surface area (Å²) in [4.78, 5) is 0. The van der Waals surface area contributed by atoms with Crippen LogP contribution >= 0.6 is 0 Å². The standard InChI is InChI=1S/C12H19N3/c1-9(12-8-13-15-10(12)2)14-11-6-4-3-5-7-11/h3-4,8-9,11,14H,5-7H2,1-2H3,(H,13,15). The second-order valence-corrected chi connectivity index (χ2v) is 4.32. The smallest absolute Gasteiger partial charge is 0.0537 e. The highest BCUT2D eigenvalue weighted by Crippen LogP contribution is 2.18. The summed E-state index contributed by atoms with van der Waals surface area (Å²) >= 11 is 0. The van der Waals surface area contributed by atoms with E-state index in [4.69, 9.17) is 0 Å². The zero-order chi connectivity index (χ0) is 10.7. The van der Waals surface area contributed by atoms with Gasteiger partial charge in [0.15, 0.2) is 0 Å². The maximum Gasteiger partial charge on any atom is 0.0537 e. The summed E-state index contributed by atoms with van der Waals surface area (Å²) in [5.74, 6) is 0. The van der Waals surface area contributed by atoms with Gasteiger partial charge in [-0.15, -0.1) is 0 Å². The summed E-state index contributed by atoms with van der Waals surface area (Å²) in [5.41, 5.74) is 2.45. The van der Waals surface area contributed by atoms with Crippen LogP contribution in [0.5, 0.6) is 0 Å². The Labute approximate surface area is 91.0 Å². The number of aromatic amines is 1. The molecule has 1 aromatic heterocycles. The lowest BCUT2D eigenvalue weighted by Crippen LogP contribution is -2.32. The van der Waals surface area contributed by atoms with Gasteiger partial charge in [-0.3, -0.25) is 5.10 Å². The van der Waals surface area contributed by atoms with Crippen molar-refractivity contribution in [3.8, 4) is 0 Å². The van der Waals surface area contributed by atoms with Gasteiger partial charge < -0.3 is 5.32 Å². The van der Waals surface area contributed by atoms with Gasteiger partial charge in [0.2, 0.25) is 0 Å². The third-order valence-electron chi connectivity index (χ3n) is 3.09. The van der Waals surface area contributed by atoms with Crippen LogP contribution in [0.3, 0.4) is 0 Å². The molecule has 0 aromatic carbocycles. The third-order valence-corrected chi connectivity index (χ3v) is 3.09. The minimum atomic E-state index is 0.389. The average molecular weight is 205 g/mol. The Morgan fingerprint density at radius 1 is 1.53 bits per heavy atom. The van der Waals surface area contributed by atoms with Crippen LogP contribution in [0.2, 0.25) is 0 Å². The number of rotatable bonds is 3. The predicted octanol–water partition coefficient (Wildman–Crippen LogP) is 2.48. The molecular weight excluding hydrogens is 186 g/mol. The summed E-state index contributed by atoms with van der Waals surface area (Å²) in [6.07, 6.45) is 10.1. The first-order valence-corrected chi connectivity index (χ1v) is 5.68. The lowest BCUT2D eigenvalue weighted by atomic mass is 10.00. The first kappa shape index (κ1) is 10.4. The molecule has 0 fully saturated rings. The number of hydrogen-bond donors (Lipinski definition) is 2. The van der Waals surface area contributed by atoms with E-state index in [1.165, 1.54) is 24.1 Å². The van der Waals surface area contributed by atoms with E-state index in [9.17, 15) is 0 Å². The van der Waals surface area contributed by atoms with Crippen molar-refractivity contribution in [3.05, 3.63) is 29.6 Å². The highest BCUT2D eigenvalue weighted by Gasteiger charge is 2.15. The van der Waals surface area contributed by atoms with Crippen LogP contribution < -0.4 is 5.32 Å². The van der Waals surface area contributed by atoms with Gasteiger partial charge in [-0.25, -0.2) is 0 Å². The van der Waals surface area contributed by atoms with Crippen molar-refractivity contribution >= 4 is 0 Å². The van der Waals surface area contributed by atoms with Gasteiger partial charge in [-0.2, -0.15) is 5.10 Å². The minimum absolute atomic E-state index is 0.389. The van der Waals surface area contributed by atoms with E-state index in [-0.39, 0.29) is 0 Å². The van der Waals surface area contributed by atoms with Crippen LogP contribution in [0.15, 0.2) is 18.3 Å². The van der Waals surface area contributed by atoms with Crippen molar-refractivity contribution < 1.29 is 0 Å². The van der Waals surface area contributed by atoms with Crippen molar-refractivity contribution in [1.29, 1.82) is 0 Å². The highest BCUT2D eigenvalue weighted by molar-refractivity contribution is 5.18. The quantitative estimate of drug-likeness (QED) is 0.744. The Bertz CT molecular complexity index is 340. The zero-order valence-electron chi connectivity index (χ0n) is 9.46. The first-order valence-electron chi connectivity index (χ1n) is 5.68. The molecule has 0 saturated heterocycles. The molecule has 2 rings (SSSR count). The molecule has 2 N–H and O–H groups in total. The lowest BCUT2D eigenvalue weighted by Gasteiger charge is -2.23. The van der Waals surface area contributed by atoms with Crippen molar-refractivity contribution in [1.82, 2.24) is 15.5 Å². The molecule has 2 atom stereocenters. The van der Waals surface area contributed by atoms with E-state index in [0.717, 1.165) is 6.42 Å². The zero-order valence-corrected chi connectivity index (χ0v) is 9.46. The SMILES string of the molecule is Cc1[nH]ncc1C(C)NC1CC=CCC1. The number of H-pyrrole nitrogens is 1. The Hall–Kier alpha value is -1.09. The molecule has 2 unspecified atom stereocenters. The number of aromatic nitrogens is 2. The fourth-order valence-electron chi connectivity index (χ4n) is 2.18.